The molecule has 2 nitrogen and oxygen atoms in total. The second kappa shape index (κ2) is 4.89. The van der Waals surface area contributed by atoms with Gasteiger partial charge in [0.15, 0.2) is 0 Å². The van der Waals surface area contributed by atoms with Crippen molar-refractivity contribution < 1.29 is 13.9 Å². The van der Waals surface area contributed by atoms with Gasteiger partial charge in [-0.15, -0.1) is 0 Å². The van der Waals surface area contributed by atoms with Crippen LogP contribution in [0, 0.1) is 11.6 Å². The molecule has 2 atom stereocenters. The summed E-state index contributed by atoms with van der Waals surface area (Å²) in [5, 5.41) is 12.4. The maximum absolute atomic E-state index is 13.1. The molecule has 0 aliphatic carbocycles. The Morgan fingerprint density at radius 2 is 1.94 bits per heavy atom. The van der Waals surface area contributed by atoms with E-state index in [0.717, 1.165) is 25.5 Å². The molecule has 0 radical (unpaired) electrons. The van der Waals surface area contributed by atoms with Gasteiger partial charge in [-0.25, -0.2) is 8.78 Å². The van der Waals surface area contributed by atoms with Crippen LogP contribution in [0.2, 0.25) is 0 Å². The van der Waals surface area contributed by atoms with Crippen LogP contribution in [0.4, 0.5) is 8.78 Å². The van der Waals surface area contributed by atoms with Gasteiger partial charge in [0.25, 0.3) is 0 Å². The van der Waals surface area contributed by atoms with Crippen molar-refractivity contribution in [1.29, 1.82) is 0 Å². The molecule has 1 aromatic rings. The molecule has 0 spiro atoms. The molecule has 16 heavy (non-hydrogen) atoms. The smallest absolute Gasteiger partial charge is 0.126 e. The van der Waals surface area contributed by atoms with Crippen LogP contribution in [0.5, 0.6) is 0 Å². The zero-order chi connectivity index (χ0) is 11.5. The number of halogens is 2. The lowest BCUT2D eigenvalue weighted by Gasteiger charge is -2.31. The van der Waals surface area contributed by atoms with Gasteiger partial charge in [-0.2, -0.15) is 0 Å². The van der Waals surface area contributed by atoms with Crippen molar-refractivity contribution in [2.75, 3.05) is 13.2 Å². The first-order valence-corrected chi connectivity index (χ1v) is 5.51. The topological polar surface area (TPSA) is 32.3 Å². The number of rotatable bonds is 2. The normalized spacial score (nSPS) is 25.7. The molecule has 2 rings (SSSR count). The standard InChI is InChI=1S/C12H15F2NO/c13-9-4-8(5-10(14)6-9)11-2-1-3-15-12(11)7-16/h4-6,11-12,15-16H,1-3,7H2. The predicted octanol–water partition coefficient (Wildman–Crippen LogP) is 1.79. The lowest BCUT2D eigenvalue weighted by atomic mass is 9.85. The van der Waals surface area contributed by atoms with E-state index in [4.69, 9.17) is 0 Å². The number of aliphatic hydroxyl groups excluding tert-OH is 1. The van der Waals surface area contributed by atoms with Gasteiger partial charge in [0.05, 0.1) is 6.61 Å². The van der Waals surface area contributed by atoms with E-state index in [0.29, 0.717) is 5.56 Å². The molecule has 0 amide bonds. The monoisotopic (exact) mass is 227 g/mol. The Morgan fingerprint density at radius 3 is 2.56 bits per heavy atom. The first kappa shape index (κ1) is 11.5. The summed E-state index contributed by atoms with van der Waals surface area (Å²) in [6, 6.07) is 3.47. The van der Waals surface area contributed by atoms with Crippen molar-refractivity contribution >= 4 is 0 Å². The van der Waals surface area contributed by atoms with Gasteiger partial charge in [0.2, 0.25) is 0 Å². The summed E-state index contributed by atoms with van der Waals surface area (Å²) in [7, 11) is 0. The summed E-state index contributed by atoms with van der Waals surface area (Å²) in [5.74, 6) is -1.13. The molecule has 2 N–H and O–H groups in total. The Hall–Kier alpha value is -1.00. The number of aliphatic hydroxyl groups is 1. The summed E-state index contributed by atoms with van der Waals surface area (Å²) in [5.41, 5.74) is 0.628. The van der Waals surface area contributed by atoms with Crippen molar-refractivity contribution in [2.45, 2.75) is 24.8 Å². The first-order chi connectivity index (χ1) is 7.70. The van der Waals surface area contributed by atoms with Crippen LogP contribution in [0.1, 0.15) is 24.3 Å². The minimum absolute atomic E-state index is 0.0102. The van der Waals surface area contributed by atoms with E-state index in [2.05, 4.69) is 5.32 Å². The molecule has 2 unspecified atom stereocenters. The molecule has 0 aromatic heterocycles. The Balaban J connectivity index is 2.26. The van der Waals surface area contributed by atoms with Crippen LogP contribution in [-0.2, 0) is 0 Å². The molecule has 0 saturated carbocycles. The number of nitrogens with one attached hydrogen (secondary N) is 1. The van der Waals surface area contributed by atoms with Crippen molar-refractivity contribution in [1.82, 2.24) is 5.32 Å². The zero-order valence-corrected chi connectivity index (χ0v) is 8.92. The highest BCUT2D eigenvalue weighted by molar-refractivity contribution is 5.24. The molecule has 1 heterocycles. The van der Waals surface area contributed by atoms with Crippen LogP contribution in [0.15, 0.2) is 18.2 Å². The van der Waals surface area contributed by atoms with Crippen LogP contribution < -0.4 is 5.32 Å². The van der Waals surface area contributed by atoms with Crippen LogP contribution in [0.25, 0.3) is 0 Å². The van der Waals surface area contributed by atoms with E-state index < -0.39 is 11.6 Å². The number of hydrogen-bond acceptors (Lipinski definition) is 2. The molecule has 1 aliphatic rings. The second-order valence-electron chi connectivity index (χ2n) is 4.19. The predicted molar refractivity (Wildman–Crippen MR) is 57.2 cm³/mol. The van der Waals surface area contributed by atoms with E-state index >= 15 is 0 Å². The third kappa shape index (κ3) is 2.39. The minimum atomic E-state index is -0.558. The van der Waals surface area contributed by atoms with Gasteiger partial charge in [-0.1, -0.05) is 0 Å². The SMILES string of the molecule is OCC1NCCCC1c1cc(F)cc(F)c1. The van der Waals surface area contributed by atoms with Crippen LogP contribution >= 0.6 is 0 Å². The van der Waals surface area contributed by atoms with Crippen LogP contribution in [-0.4, -0.2) is 24.3 Å². The Labute approximate surface area is 93.3 Å². The third-order valence-electron chi connectivity index (χ3n) is 3.09. The Kier molecular flexibility index (Phi) is 3.51. The molecule has 0 bridgehead atoms. The molecule has 1 saturated heterocycles. The highest BCUT2D eigenvalue weighted by Gasteiger charge is 2.26. The van der Waals surface area contributed by atoms with E-state index in [1.807, 2.05) is 0 Å². The molecule has 88 valence electrons. The zero-order valence-electron chi connectivity index (χ0n) is 8.92. The van der Waals surface area contributed by atoms with E-state index in [9.17, 15) is 13.9 Å². The van der Waals surface area contributed by atoms with Crippen molar-refractivity contribution in [2.24, 2.45) is 0 Å². The van der Waals surface area contributed by atoms with E-state index in [-0.39, 0.29) is 18.6 Å². The molecule has 1 aromatic carbocycles. The van der Waals surface area contributed by atoms with Gasteiger partial charge in [-0.05, 0) is 37.1 Å². The highest BCUT2D eigenvalue weighted by atomic mass is 19.1. The summed E-state index contributed by atoms with van der Waals surface area (Å²) in [6.45, 7) is 0.836. The fraction of sp³-hybridized carbons (Fsp3) is 0.500. The number of piperidine rings is 1. The number of hydrogen-bond donors (Lipinski definition) is 2. The fourth-order valence-corrected chi connectivity index (χ4v) is 2.33. The van der Waals surface area contributed by atoms with Crippen molar-refractivity contribution in [3.05, 3.63) is 35.4 Å². The second-order valence-corrected chi connectivity index (χ2v) is 4.19. The third-order valence-corrected chi connectivity index (χ3v) is 3.09. The quantitative estimate of drug-likeness (QED) is 0.807. The van der Waals surface area contributed by atoms with Gasteiger partial charge in [-0.3, -0.25) is 0 Å². The van der Waals surface area contributed by atoms with Gasteiger partial charge in [0.1, 0.15) is 11.6 Å². The van der Waals surface area contributed by atoms with Crippen molar-refractivity contribution in [3.63, 3.8) is 0 Å². The molecular weight excluding hydrogens is 212 g/mol. The molecule has 4 heteroatoms. The molecular formula is C12H15F2NO. The minimum Gasteiger partial charge on any atom is -0.395 e. The summed E-state index contributed by atoms with van der Waals surface area (Å²) in [4.78, 5) is 0. The Morgan fingerprint density at radius 1 is 1.25 bits per heavy atom. The van der Waals surface area contributed by atoms with Crippen molar-refractivity contribution in [3.8, 4) is 0 Å². The summed E-state index contributed by atoms with van der Waals surface area (Å²) >= 11 is 0. The average molecular weight is 227 g/mol. The van der Waals surface area contributed by atoms with Gasteiger partial charge in [0, 0.05) is 18.0 Å². The summed E-state index contributed by atoms with van der Waals surface area (Å²) in [6.07, 6.45) is 1.81. The lowest BCUT2D eigenvalue weighted by Crippen LogP contribution is -2.42. The highest BCUT2D eigenvalue weighted by Crippen LogP contribution is 2.28. The number of benzene rings is 1. The maximum atomic E-state index is 13.1. The first-order valence-electron chi connectivity index (χ1n) is 5.51. The fourth-order valence-electron chi connectivity index (χ4n) is 2.33. The maximum Gasteiger partial charge on any atom is 0.126 e. The lowest BCUT2D eigenvalue weighted by molar-refractivity contribution is 0.201. The van der Waals surface area contributed by atoms with Gasteiger partial charge >= 0.3 is 0 Å². The summed E-state index contributed by atoms with van der Waals surface area (Å²) < 4.78 is 26.2. The largest absolute Gasteiger partial charge is 0.395 e. The van der Waals surface area contributed by atoms with Gasteiger partial charge < -0.3 is 10.4 Å². The van der Waals surface area contributed by atoms with E-state index in [1.165, 1.54) is 12.1 Å². The molecule has 1 aliphatic heterocycles. The Bertz CT molecular complexity index is 350. The van der Waals surface area contributed by atoms with Crippen LogP contribution in [0.3, 0.4) is 0 Å². The molecule has 1 fully saturated rings. The van der Waals surface area contributed by atoms with E-state index in [1.54, 1.807) is 0 Å². The average Bonchev–Trinajstić information content (AvgIpc) is 2.27.